The fourth-order valence-corrected chi connectivity index (χ4v) is 2.20. The highest BCUT2D eigenvalue weighted by Crippen LogP contribution is 2.15. The molecular formula is C7H11NO3S2. The smallest absolute Gasteiger partial charge is 0.237 e. The molecule has 4 nitrogen and oxygen atoms in total. The lowest BCUT2D eigenvalue weighted by Crippen LogP contribution is -2.27. The molecule has 0 aliphatic rings. The third kappa shape index (κ3) is 2.68. The Hall–Kier alpha value is -0.590. The van der Waals surface area contributed by atoms with Crippen molar-refractivity contribution in [3.05, 3.63) is 16.8 Å². The molecule has 0 spiro atoms. The van der Waals surface area contributed by atoms with Gasteiger partial charge in [-0.3, -0.25) is 4.72 Å². The van der Waals surface area contributed by atoms with Gasteiger partial charge in [0.2, 0.25) is 10.0 Å². The molecule has 6 heteroatoms. The maximum absolute atomic E-state index is 11.4. The van der Waals surface area contributed by atoms with E-state index in [1.165, 1.54) is 18.3 Å². The number of thiophene rings is 1. The van der Waals surface area contributed by atoms with Gasteiger partial charge in [-0.05, 0) is 18.4 Å². The molecule has 0 bridgehead atoms. The minimum Gasteiger partial charge on any atom is -0.395 e. The predicted molar refractivity (Wildman–Crippen MR) is 53.4 cm³/mol. The van der Waals surface area contributed by atoms with Crippen LogP contribution in [0.25, 0.3) is 0 Å². The van der Waals surface area contributed by atoms with E-state index in [4.69, 9.17) is 5.11 Å². The minimum absolute atomic E-state index is 0.376. The first-order chi connectivity index (χ1) is 6.06. The Morgan fingerprint density at radius 2 is 2.38 bits per heavy atom. The summed E-state index contributed by atoms with van der Waals surface area (Å²) in [5.74, 6) is 0. The number of sulfonamides is 1. The first-order valence-corrected chi connectivity index (χ1v) is 6.20. The van der Waals surface area contributed by atoms with Crippen LogP contribution < -0.4 is 4.72 Å². The van der Waals surface area contributed by atoms with Gasteiger partial charge in [0.15, 0.2) is 0 Å². The molecule has 1 unspecified atom stereocenters. The van der Waals surface area contributed by atoms with Crippen molar-refractivity contribution in [2.75, 3.05) is 11.3 Å². The fourth-order valence-electron chi connectivity index (χ4n) is 0.686. The summed E-state index contributed by atoms with van der Waals surface area (Å²) < 4.78 is 25.1. The van der Waals surface area contributed by atoms with Gasteiger partial charge in [0.1, 0.15) is 5.25 Å². The number of anilines is 1. The van der Waals surface area contributed by atoms with Crippen molar-refractivity contribution in [1.29, 1.82) is 0 Å². The maximum Gasteiger partial charge on any atom is 0.237 e. The van der Waals surface area contributed by atoms with Crippen molar-refractivity contribution in [2.24, 2.45) is 0 Å². The maximum atomic E-state index is 11.4. The lowest BCUT2D eigenvalue weighted by molar-refractivity contribution is 0.296. The number of nitrogens with one attached hydrogen (secondary N) is 1. The molecule has 1 aromatic heterocycles. The van der Waals surface area contributed by atoms with Crippen molar-refractivity contribution in [3.8, 4) is 0 Å². The molecule has 0 aromatic carbocycles. The largest absolute Gasteiger partial charge is 0.395 e. The highest BCUT2D eigenvalue weighted by Gasteiger charge is 2.19. The minimum atomic E-state index is -3.43. The summed E-state index contributed by atoms with van der Waals surface area (Å²) in [7, 11) is -3.43. The van der Waals surface area contributed by atoms with Crippen LogP contribution in [-0.2, 0) is 10.0 Å². The molecule has 0 aliphatic heterocycles. The average Bonchev–Trinajstić information content (AvgIpc) is 2.54. The molecule has 13 heavy (non-hydrogen) atoms. The van der Waals surface area contributed by atoms with E-state index in [-0.39, 0.29) is 6.61 Å². The molecule has 0 fully saturated rings. The molecule has 0 saturated carbocycles. The fraction of sp³-hybridized carbons (Fsp3) is 0.429. The van der Waals surface area contributed by atoms with Gasteiger partial charge in [-0.15, -0.1) is 0 Å². The van der Waals surface area contributed by atoms with Crippen LogP contribution >= 0.6 is 11.3 Å². The van der Waals surface area contributed by atoms with Crippen LogP contribution in [0.2, 0.25) is 0 Å². The highest BCUT2D eigenvalue weighted by molar-refractivity contribution is 7.93. The van der Waals surface area contributed by atoms with Crippen LogP contribution in [0, 0.1) is 0 Å². The Bertz CT molecular complexity index is 344. The van der Waals surface area contributed by atoms with Gasteiger partial charge < -0.3 is 5.11 Å². The molecule has 0 saturated heterocycles. The van der Waals surface area contributed by atoms with E-state index in [2.05, 4.69) is 4.72 Å². The molecule has 1 atom stereocenters. The Balaban J connectivity index is 2.74. The summed E-state index contributed by atoms with van der Waals surface area (Å²) in [6.45, 7) is 1.08. The summed E-state index contributed by atoms with van der Waals surface area (Å²) in [4.78, 5) is 0. The zero-order chi connectivity index (χ0) is 9.90. The molecule has 0 radical (unpaired) electrons. The topological polar surface area (TPSA) is 66.4 Å². The molecular weight excluding hydrogens is 210 g/mol. The standard InChI is InChI=1S/C7H11NO3S2/c1-6(4-9)13(10,11)8-7-2-3-12-5-7/h2-3,5-6,8-9H,4H2,1H3. The molecule has 0 aliphatic carbocycles. The first-order valence-electron chi connectivity index (χ1n) is 3.71. The van der Waals surface area contributed by atoms with E-state index < -0.39 is 15.3 Å². The zero-order valence-corrected chi connectivity index (χ0v) is 8.73. The molecule has 74 valence electrons. The lowest BCUT2D eigenvalue weighted by Gasteiger charge is -2.10. The van der Waals surface area contributed by atoms with Crippen LogP contribution in [0.5, 0.6) is 0 Å². The van der Waals surface area contributed by atoms with Crippen molar-refractivity contribution in [3.63, 3.8) is 0 Å². The Kier molecular flexibility index (Phi) is 3.29. The van der Waals surface area contributed by atoms with Gasteiger partial charge in [0, 0.05) is 5.38 Å². The lowest BCUT2D eigenvalue weighted by atomic mass is 10.5. The zero-order valence-electron chi connectivity index (χ0n) is 7.10. The summed E-state index contributed by atoms with van der Waals surface area (Å²) in [5, 5.41) is 11.4. The number of hydrogen-bond donors (Lipinski definition) is 2. The van der Waals surface area contributed by atoms with Gasteiger partial charge in [-0.2, -0.15) is 11.3 Å². The van der Waals surface area contributed by atoms with Crippen LogP contribution in [0.1, 0.15) is 6.92 Å². The average molecular weight is 221 g/mol. The van der Waals surface area contributed by atoms with Gasteiger partial charge in [-0.1, -0.05) is 0 Å². The SMILES string of the molecule is CC(CO)S(=O)(=O)Nc1ccsc1. The number of rotatable bonds is 4. The van der Waals surface area contributed by atoms with Crippen molar-refractivity contribution >= 4 is 27.0 Å². The second-order valence-electron chi connectivity index (χ2n) is 2.65. The van der Waals surface area contributed by atoms with Gasteiger partial charge in [0.25, 0.3) is 0 Å². The quantitative estimate of drug-likeness (QED) is 0.793. The summed E-state index contributed by atoms with van der Waals surface area (Å²) in [6, 6.07) is 1.67. The van der Waals surface area contributed by atoms with E-state index >= 15 is 0 Å². The van der Waals surface area contributed by atoms with Crippen LogP contribution in [0.4, 0.5) is 5.69 Å². The second kappa shape index (κ2) is 4.08. The van der Waals surface area contributed by atoms with Crippen LogP contribution in [0.15, 0.2) is 16.8 Å². The molecule has 1 rings (SSSR count). The van der Waals surface area contributed by atoms with E-state index in [9.17, 15) is 8.42 Å². The predicted octanol–water partition coefficient (Wildman–Crippen LogP) is 0.871. The van der Waals surface area contributed by atoms with Crippen molar-refractivity contribution in [1.82, 2.24) is 0 Å². The molecule has 1 aromatic rings. The third-order valence-electron chi connectivity index (χ3n) is 1.57. The first kappa shape index (κ1) is 10.5. The molecule has 0 amide bonds. The number of aliphatic hydroxyl groups is 1. The van der Waals surface area contributed by atoms with Gasteiger partial charge >= 0.3 is 0 Å². The normalized spacial score (nSPS) is 14.0. The Morgan fingerprint density at radius 1 is 1.69 bits per heavy atom. The van der Waals surface area contributed by atoms with E-state index in [0.717, 1.165) is 0 Å². The molecule has 2 N–H and O–H groups in total. The summed E-state index contributed by atoms with van der Waals surface area (Å²) in [5.41, 5.74) is 0.547. The number of hydrogen-bond acceptors (Lipinski definition) is 4. The van der Waals surface area contributed by atoms with Crippen LogP contribution in [0.3, 0.4) is 0 Å². The Labute approximate surface area is 81.3 Å². The Morgan fingerprint density at radius 3 is 2.85 bits per heavy atom. The van der Waals surface area contributed by atoms with Gasteiger partial charge in [-0.25, -0.2) is 8.42 Å². The van der Waals surface area contributed by atoms with Crippen molar-refractivity contribution in [2.45, 2.75) is 12.2 Å². The summed E-state index contributed by atoms with van der Waals surface area (Å²) in [6.07, 6.45) is 0. The van der Waals surface area contributed by atoms with E-state index in [1.54, 1.807) is 16.8 Å². The second-order valence-corrected chi connectivity index (χ2v) is 5.53. The number of aliphatic hydroxyl groups excluding tert-OH is 1. The van der Waals surface area contributed by atoms with Crippen molar-refractivity contribution < 1.29 is 13.5 Å². The molecule has 1 heterocycles. The van der Waals surface area contributed by atoms with Gasteiger partial charge in [0.05, 0.1) is 12.3 Å². The highest BCUT2D eigenvalue weighted by atomic mass is 32.2. The monoisotopic (exact) mass is 221 g/mol. The summed E-state index contributed by atoms with van der Waals surface area (Å²) >= 11 is 1.41. The van der Waals surface area contributed by atoms with Crippen LogP contribution in [-0.4, -0.2) is 25.4 Å². The third-order valence-corrected chi connectivity index (χ3v) is 3.98. The van der Waals surface area contributed by atoms with E-state index in [0.29, 0.717) is 5.69 Å². The van der Waals surface area contributed by atoms with E-state index in [1.807, 2.05) is 0 Å².